The molecule has 18 heavy (non-hydrogen) atoms. The number of nitrogens with one attached hydrogen (secondary N) is 1. The molecule has 0 atom stereocenters. The lowest BCUT2D eigenvalue weighted by Gasteiger charge is -2.02. The van der Waals surface area contributed by atoms with Gasteiger partial charge in [0.2, 0.25) is 0 Å². The number of rotatable bonds is 2. The molecule has 2 N–H and O–H groups in total. The number of halogens is 1. The Bertz CT molecular complexity index is 733. The monoisotopic (exact) mass is 262 g/mol. The summed E-state index contributed by atoms with van der Waals surface area (Å²) < 4.78 is 1.29. The minimum atomic E-state index is -1.09. The first-order chi connectivity index (χ1) is 8.66. The van der Waals surface area contributed by atoms with Gasteiger partial charge in [-0.15, -0.1) is 0 Å². The number of H-pyrrole nitrogens is 1. The second-order valence-corrected chi connectivity index (χ2v) is 4.03. The summed E-state index contributed by atoms with van der Waals surface area (Å²) in [5.74, 6) is -1.09. The van der Waals surface area contributed by atoms with Gasteiger partial charge in [-0.3, -0.25) is 0 Å². The van der Waals surface area contributed by atoms with Gasteiger partial charge in [0, 0.05) is 12.3 Å². The molecule has 0 saturated heterocycles. The van der Waals surface area contributed by atoms with Crippen molar-refractivity contribution >= 4 is 23.2 Å². The highest BCUT2D eigenvalue weighted by Crippen LogP contribution is 2.22. The van der Waals surface area contributed by atoms with Crippen molar-refractivity contribution < 1.29 is 9.90 Å². The van der Waals surface area contributed by atoms with Crippen molar-refractivity contribution in [2.75, 3.05) is 0 Å². The van der Waals surface area contributed by atoms with E-state index in [1.54, 1.807) is 12.3 Å². The van der Waals surface area contributed by atoms with Crippen LogP contribution >= 0.6 is 11.6 Å². The summed E-state index contributed by atoms with van der Waals surface area (Å²) >= 11 is 6.05. The quantitative estimate of drug-likeness (QED) is 0.693. The Balaban J connectivity index is 2.31. The van der Waals surface area contributed by atoms with E-state index < -0.39 is 5.97 Å². The zero-order valence-corrected chi connectivity index (χ0v) is 9.72. The van der Waals surface area contributed by atoms with E-state index in [-0.39, 0.29) is 11.2 Å². The molecule has 3 rings (SSSR count). The molecule has 0 aliphatic carbocycles. The molecule has 0 saturated carbocycles. The Morgan fingerprint density at radius 3 is 3.00 bits per heavy atom. The van der Waals surface area contributed by atoms with Crippen molar-refractivity contribution in [1.29, 1.82) is 0 Å². The summed E-state index contributed by atoms with van der Waals surface area (Å²) in [6.07, 6.45) is 2.98. The third kappa shape index (κ3) is 1.54. The van der Waals surface area contributed by atoms with E-state index in [1.807, 2.05) is 12.1 Å². The minimum Gasteiger partial charge on any atom is -0.477 e. The molecule has 7 heteroatoms. The zero-order chi connectivity index (χ0) is 12.7. The molecule has 0 unspecified atom stereocenters. The highest BCUT2D eigenvalue weighted by atomic mass is 35.5. The maximum atomic E-state index is 11.0. The van der Waals surface area contributed by atoms with Crippen LogP contribution in [0.15, 0.2) is 30.6 Å². The molecule has 0 radical (unpaired) electrons. The van der Waals surface area contributed by atoms with Gasteiger partial charge >= 0.3 is 5.97 Å². The van der Waals surface area contributed by atoms with Crippen molar-refractivity contribution in [3.8, 4) is 11.4 Å². The smallest absolute Gasteiger partial charge is 0.341 e. The third-order valence-corrected chi connectivity index (χ3v) is 2.80. The van der Waals surface area contributed by atoms with E-state index in [9.17, 15) is 4.79 Å². The third-order valence-electron chi connectivity index (χ3n) is 2.53. The number of aromatic carboxylic acids is 1. The SMILES string of the molecule is O=C(O)c1cnn2c(Cl)cc(-c3ccc[nH]3)nc12. The van der Waals surface area contributed by atoms with Crippen molar-refractivity contribution in [1.82, 2.24) is 19.6 Å². The fourth-order valence-corrected chi connectivity index (χ4v) is 1.93. The number of nitrogens with zero attached hydrogens (tertiary/aromatic N) is 3. The van der Waals surface area contributed by atoms with Gasteiger partial charge in [0.05, 0.1) is 17.6 Å². The van der Waals surface area contributed by atoms with Crippen LogP contribution in [0.4, 0.5) is 0 Å². The summed E-state index contributed by atoms with van der Waals surface area (Å²) in [6.45, 7) is 0. The maximum absolute atomic E-state index is 11.0. The molecule has 0 bridgehead atoms. The predicted octanol–water partition coefficient (Wildman–Crippen LogP) is 2.08. The van der Waals surface area contributed by atoms with Gasteiger partial charge in [0.15, 0.2) is 5.65 Å². The van der Waals surface area contributed by atoms with E-state index in [2.05, 4.69) is 15.1 Å². The molecular formula is C11H7ClN4O2. The number of aromatic amines is 1. The van der Waals surface area contributed by atoms with Crippen LogP contribution in [0.5, 0.6) is 0 Å². The van der Waals surface area contributed by atoms with Crippen LogP contribution in [0.3, 0.4) is 0 Å². The maximum Gasteiger partial charge on any atom is 0.341 e. The molecule has 0 fully saturated rings. The van der Waals surface area contributed by atoms with Crippen LogP contribution in [0.1, 0.15) is 10.4 Å². The van der Waals surface area contributed by atoms with Gasteiger partial charge in [-0.05, 0) is 12.1 Å². The van der Waals surface area contributed by atoms with Gasteiger partial charge in [-0.1, -0.05) is 11.6 Å². The average Bonchev–Trinajstić information content (AvgIpc) is 2.97. The molecule has 3 heterocycles. The highest BCUT2D eigenvalue weighted by Gasteiger charge is 2.16. The van der Waals surface area contributed by atoms with E-state index >= 15 is 0 Å². The molecule has 3 aromatic heterocycles. The number of aromatic nitrogens is 4. The Labute approximate surface area is 106 Å². The Morgan fingerprint density at radius 2 is 2.33 bits per heavy atom. The largest absolute Gasteiger partial charge is 0.477 e. The molecular weight excluding hydrogens is 256 g/mol. The molecule has 6 nitrogen and oxygen atoms in total. The fraction of sp³-hybridized carbons (Fsp3) is 0. The van der Waals surface area contributed by atoms with E-state index in [1.165, 1.54) is 10.7 Å². The lowest BCUT2D eigenvalue weighted by Crippen LogP contribution is -1.99. The number of hydrogen-bond acceptors (Lipinski definition) is 3. The van der Waals surface area contributed by atoms with E-state index in [4.69, 9.17) is 16.7 Å². The normalized spacial score (nSPS) is 10.9. The van der Waals surface area contributed by atoms with Gasteiger partial charge in [-0.2, -0.15) is 5.10 Å². The summed E-state index contributed by atoms with van der Waals surface area (Å²) in [6, 6.07) is 5.27. The van der Waals surface area contributed by atoms with Crippen molar-refractivity contribution in [2.24, 2.45) is 0 Å². The van der Waals surface area contributed by atoms with E-state index in [0.717, 1.165) is 5.69 Å². The van der Waals surface area contributed by atoms with Gasteiger partial charge in [-0.25, -0.2) is 14.3 Å². The van der Waals surface area contributed by atoms with Crippen LogP contribution in [0.2, 0.25) is 5.15 Å². The standard InChI is InChI=1S/C11H7ClN4O2/c12-9-4-8(7-2-1-3-13-7)15-10-6(11(17)18)5-14-16(9)10/h1-5,13H,(H,17,18). The first-order valence-electron chi connectivity index (χ1n) is 5.08. The zero-order valence-electron chi connectivity index (χ0n) is 8.96. The number of carboxylic acids is 1. The Hall–Kier alpha value is -2.34. The van der Waals surface area contributed by atoms with Crippen molar-refractivity contribution in [3.63, 3.8) is 0 Å². The van der Waals surface area contributed by atoms with Crippen molar-refractivity contribution in [2.45, 2.75) is 0 Å². The topological polar surface area (TPSA) is 83.3 Å². The average molecular weight is 263 g/mol. The molecule has 0 spiro atoms. The van der Waals surface area contributed by atoms with Crippen LogP contribution in [0, 0.1) is 0 Å². The van der Waals surface area contributed by atoms with Gasteiger partial charge in [0.1, 0.15) is 10.7 Å². The number of hydrogen-bond donors (Lipinski definition) is 2. The summed E-state index contributed by atoms with van der Waals surface area (Å²) in [5, 5.41) is 13.2. The van der Waals surface area contributed by atoms with Gasteiger partial charge in [0.25, 0.3) is 0 Å². The van der Waals surface area contributed by atoms with E-state index in [0.29, 0.717) is 10.8 Å². The van der Waals surface area contributed by atoms with Crippen LogP contribution in [-0.2, 0) is 0 Å². The minimum absolute atomic E-state index is 0.0188. The number of fused-ring (bicyclic) bond motifs is 1. The summed E-state index contributed by atoms with van der Waals surface area (Å²) in [5.41, 5.74) is 1.57. The van der Waals surface area contributed by atoms with Crippen molar-refractivity contribution in [3.05, 3.63) is 41.3 Å². The lowest BCUT2D eigenvalue weighted by atomic mass is 10.3. The first kappa shape index (κ1) is 10.8. The summed E-state index contributed by atoms with van der Waals surface area (Å²) in [7, 11) is 0. The predicted molar refractivity (Wildman–Crippen MR) is 64.7 cm³/mol. The molecule has 0 amide bonds. The number of carbonyl (C=O) groups is 1. The summed E-state index contributed by atoms with van der Waals surface area (Å²) in [4.78, 5) is 18.3. The second kappa shape index (κ2) is 3.85. The number of carboxylic acid groups (broad SMARTS) is 1. The highest BCUT2D eigenvalue weighted by molar-refractivity contribution is 6.30. The lowest BCUT2D eigenvalue weighted by molar-refractivity contribution is 0.0699. The Morgan fingerprint density at radius 1 is 1.50 bits per heavy atom. The molecule has 90 valence electrons. The van der Waals surface area contributed by atoms with Crippen LogP contribution in [0.25, 0.3) is 17.0 Å². The van der Waals surface area contributed by atoms with Gasteiger partial charge < -0.3 is 10.1 Å². The first-order valence-corrected chi connectivity index (χ1v) is 5.46. The molecule has 0 aliphatic heterocycles. The van der Waals surface area contributed by atoms with Crippen LogP contribution in [-0.4, -0.2) is 30.7 Å². The molecule has 0 aromatic carbocycles. The van der Waals surface area contributed by atoms with Crippen LogP contribution < -0.4 is 0 Å². The second-order valence-electron chi connectivity index (χ2n) is 3.65. The molecule has 3 aromatic rings. The fourth-order valence-electron chi connectivity index (χ4n) is 1.70. The Kier molecular flexibility index (Phi) is 2.31. The molecule has 0 aliphatic rings.